The van der Waals surface area contributed by atoms with Crippen LogP contribution in [0.5, 0.6) is 0 Å². The lowest BCUT2D eigenvalue weighted by Gasteiger charge is -2.26. The van der Waals surface area contributed by atoms with Gasteiger partial charge < -0.3 is 9.64 Å². The van der Waals surface area contributed by atoms with Gasteiger partial charge in [0.2, 0.25) is 0 Å². The number of fused-ring (bicyclic) bond motifs is 2. The molecule has 3 heterocycles. The monoisotopic (exact) mass is 555 g/mol. The molecule has 2 aliphatic rings. The zero-order valence-electron chi connectivity index (χ0n) is 21.1. The fourth-order valence-corrected chi connectivity index (χ4v) is 6.26. The molecule has 0 aliphatic carbocycles. The third kappa shape index (κ3) is 4.04. The fraction of sp³-hybridized carbons (Fsp3) is 0.133. The van der Waals surface area contributed by atoms with E-state index in [4.69, 9.17) is 21.3 Å². The van der Waals surface area contributed by atoms with E-state index in [0.717, 1.165) is 17.0 Å². The van der Waals surface area contributed by atoms with Crippen molar-refractivity contribution in [1.82, 2.24) is 4.57 Å². The van der Waals surface area contributed by atoms with Crippen LogP contribution in [0.4, 0.5) is 5.69 Å². The number of rotatable bonds is 4. The van der Waals surface area contributed by atoms with Gasteiger partial charge in [0.1, 0.15) is 4.53 Å². The number of carbonyl (C=O) groups is 2. The average Bonchev–Trinajstić information content (AvgIpc) is 3.41. The standard InChI is InChI=1S/C30H22ClN3O4S/c1-3-38-29(37)23-24(17-9-5-4-6-10-17)32-30-34(25(23)18-13-15-19(31)16-14-18)28(36)26(39-30)22-20-11-7-8-12-21(20)33(2)27(22)35/h4-16,25H,3H2,1-2H3/b26-22-/t25-/m0/s1. The highest BCUT2D eigenvalue weighted by molar-refractivity contribution is 7.07. The summed E-state index contributed by atoms with van der Waals surface area (Å²) in [5, 5.41) is 0.523. The van der Waals surface area contributed by atoms with Gasteiger partial charge in [-0.05, 0) is 30.7 Å². The number of carbonyl (C=O) groups excluding carboxylic acids is 2. The van der Waals surface area contributed by atoms with E-state index in [1.807, 2.05) is 54.6 Å². The molecule has 0 spiro atoms. The van der Waals surface area contributed by atoms with Crippen LogP contribution in [0.2, 0.25) is 5.02 Å². The summed E-state index contributed by atoms with van der Waals surface area (Å²) in [5.74, 6) is -0.836. The Hall–Kier alpha value is -4.27. The van der Waals surface area contributed by atoms with Gasteiger partial charge in [0, 0.05) is 23.2 Å². The Morgan fingerprint density at radius 1 is 1.00 bits per heavy atom. The highest BCUT2D eigenvalue weighted by Gasteiger charge is 2.37. The van der Waals surface area contributed by atoms with E-state index in [2.05, 4.69) is 0 Å². The van der Waals surface area contributed by atoms with Crippen molar-refractivity contribution in [3.05, 3.63) is 126 Å². The van der Waals surface area contributed by atoms with Crippen molar-refractivity contribution in [2.45, 2.75) is 13.0 Å². The van der Waals surface area contributed by atoms with Crippen LogP contribution in [0.15, 0.2) is 94.2 Å². The summed E-state index contributed by atoms with van der Waals surface area (Å²) in [7, 11) is 1.69. The molecule has 3 aromatic carbocycles. The van der Waals surface area contributed by atoms with Gasteiger partial charge in [-0.3, -0.25) is 14.2 Å². The molecule has 194 valence electrons. The SMILES string of the molecule is CCOC(=O)C1=C(c2ccccc2)N=c2s/c(=C3\C(=O)N(C)c4ccccc43)c(=O)n2[C@H]1c1ccc(Cl)cc1. The van der Waals surface area contributed by atoms with Crippen LogP contribution in [-0.2, 0) is 14.3 Å². The van der Waals surface area contributed by atoms with Gasteiger partial charge in [0.15, 0.2) is 4.80 Å². The largest absolute Gasteiger partial charge is 0.463 e. The van der Waals surface area contributed by atoms with Crippen molar-refractivity contribution < 1.29 is 14.3 Å². The summed E-state index contributed by atoms with van der Waals surface area (Å²) in [6, 6.07) is 22.8. The van der Waals surface area contributed by atoms with Crippen LogP contribution >= 0.6 is 22.9 Å². The average molecular weight is 556 g/mol. The van der Waals surface area contributed by atoms with E-state index in [1.165, 1.54) is 4.57 Å². The lowest BCUT2D eigenvalue weighted by atomic mass is 9.93. The minimum Gasteiger partial charge on any atom is -0.463 e. The topological polar surface area (TPSA) is 81.0 Å². The molecule has 0 unspecified atom stereocenters. The van der Waals surface area contributed by atoms with Crippen molar-refractivity contribution in [3.63, 3.8) is 0 Å². The van der Waals surface area contributed by atoms with E-state index >= 15 is 0 Å². The number of aromatic nitrogens is 1. The maximum absolute atomic E-state index is 14.2. The molecular formula is C30H22ClN3O4S. The van der Waals surface area contributed by atoms with E-state index in [-0.39, 0.29) is 22.6 Å². The quantitative estimate of drug-likeness (QED) is 0.357. The smallest absolute Gasteiger partial charge is 0.338 e. The number of anilines is 1. The molecule has 4 aromatic rings. The van der Waals surface area contributed by atoms with Crippen LogP contribution in [-0.4, -0.2) is 30.1 Å². The van der Waals surface area contributed by atoms with Gasteiger partial charge in [-0.25, -0.2) is 9.79 Å². The summed E-state index contributed by atoms with van der Waals surface area (Å²) in [4.78, 5) is 47.9. The molecule has 2 aliphatic heterocycles. The number of hydrogen-bond acceptors (Lipinski definition) is 6. The lowest BCUT2D eigenvalue weighted by molar-refractivity contribution is -0.138. The Morgan fingerprint density at radius 2 is 1.69 bits per heavy atom. The number of hydrogen-bond donors (Lipinski definition) is 0. The van der Waals surface area contributed by atoms with Crippen LogP contribution in [0.3, 0.4) is 0 Å². The molecule has 1 aromatic heterocycles. The second-order valence-electron chi connectivity index (χ2n) is 9.06. The maximum Gasteiger partial charge on any atom is 0.338 e. The van der Waals surface area contributed by atoms with Crippen molar-refractivity contribution in [3.8, 4) is 0 Å². The molecule has 9 heteroatoms. The second kappa shape index (κ2) is 9.80. The molecule has 0 saturated carbocycles. The number of esters is 1. The van der Waals surface area contributed by atoms with Gasteiger partial charge in [0.25, 0.3) is 11.5 Å². The summed E-state index contributed by atoms with van der Waals surface area (Å²) in [6.45, 7) is 1.89. The third-order valence-electron chi connectivity index (χ3n) is 6.82. The van der Waals surface area contributed by atoms with Crippen LogP contribution < -0.4 is 19.8 Å². The molecule has 7 nitrogen and oxygen atoms in total. The minimum absolute atomic E-state index is 0.157. The Kier molecular flexibility index (Phi) is 6.29. The van der Waals surface area contributed by atoms with Gasteiger partial charge in [-0.1, -0.05) is 83.6 Å². The Labute approximate surface area is 232 Å². The molecule has 0 N–H and O–H groups in total. The number of para-hydroxylation sites is 1. The lowest BCUT2D eigenvalue weighted by Crippen LogP contribution is -2.40. The van der Waals surface area contributed by atoms with E-state index in [1.54, 1.807) is 43.1 Å². The molecule has 1 amide bonds. The number of ether oxygens (including phenoxy) is 1. The van der Waals surface area contributed by atoms with Crippen LogP contribution in [0.1, 0.15) is 29.7 Å². The third-order valence-corrected chi connectivity index (χ3v) is 8.12. The first-order chi connectivity index (χ1) is 18.9. The summed E-state index contributed by atoms with van der Waals surface area (Å²) >= 11 is 7.33. The summed E-state index contributed by atoms with van der Waals surface area (Å²) in [6.07, 6.45) is 0. The molecule has 0 saturated heterocycles. The summed E-state index contributed by atoms with van der Waals surface area (Å²) < 4.78 is 7.25. The summed E-state index contributed by atoms with van der Waals surface area (Å²) in [5.41, 5.74) is 3.38. The molecule has 39 heavy (non-hydrogen) atoms. The highest BCUT2D eigenvalue weighted by Crippen LogP contribution is 2.37. The number of halogens is 1. The Morgan fingerprint density at radius 3 is 2.41 bits per heavy atom. The normalized spacial score (nSPS) is 17.6. The van der Waals surface area contributed by atoms with Gasteiger partial charge >= 0.3 is 5.97 Å². The van der Waals surface area contributed by atoms with E-state index < -0.39 is 17.6 Å². The molecule has 1 atom stereocenters. The minimum atomic E-state index is -0.841. The number of nitrogens with zero attached hydrogens (tertiary/aromatic N) is 3. The van der Waals surface area contributed by atoms with Crippen molar-refractivity contribution in [2.75, 3.05) is 18.6 Å². The van der Waals surface area contributed by atoms with Crippen LogP contribution in [0, 0.1) is 0 Å². The molecule has 0 bridgehead atoms. The molecule has 0 fully saturated rings. The maximum atomic E-state index is 14.2. The van der Waals surface area contributed by atoms with Gasteiger partial charge in [-0.15, -0.1) is 0 Å². The predicted molar refractivity (Wildman–Crippen MR) is 151 cm³/mol. The first-order valence-electron chi connectivity index (χ1n) is 12.3. The van der Waals surface area contributed by atoms with E-state index in [9.17, 15) is 14.4 Å². The zero-order chi connectivity index (χ0) is 27.3. The van der Waals surface area contributed by atoms with Crippen molar-refractivity contribution >= 4 is 51.8 Å². The number of likely N-dealkylation sites (N-methyl/N-ethyl adjacent to an activating group) is 1. The second-order valence-corrected chi connectivity index (χ2v) is 10.5. The van der Waals surface area contributed by atoms with E-state index in [0.29, 0.717) is 37.8 Å². The Bertz CT molecular complexity index is 1860. The van der Waals surface area contributed by atoms with Crippen molar-refractivity contribution in [1.29, 1.82) is 0 Å². The molecule has 0 radical (unpaired) electrons. The zero-order valence-corrected chi connectivity index (χ0v) is 22.6. The number of benzene rings is 3. The fourth-order valence-electron chi connectivity index (χ4n) is 5.04. The molecular weight excluding hydrogens is 534 g/mol. The van der Waals surface area contributed by atoms with Crippen LogP contribution in [0.25, 0.3) is 11.3 Å². The highest BCUT2D eigenvalue weighted by atomic mass is 35.5. The van der Waals surface area contributed by atoms with Gasteiger partial charge in [0.05, 0.1) is 35.2 Å². The number of thiazole rings is 1. The first-order valence-corrected chi connectivity index (χ1v) is 13.5. The van der Waals surface area contributed by atoms with Gasteiger partial charge in [-0.2, -0.15) is 0 Å². The number of amides is 1. The molecule has 6 rings (SSSR count). The Balaban J connectivity index is 1.72. The van der Waals surface area contributed by atoms with Crippen molar-refractivity contribution in [2.24, 2.45) is 4.99 Å². The first kappa shape index (κ1) is 25.0. The predicted octanol–water partition coefficient (Wildman–Crippen LogP) is 3.94.